The number of nitrogens with zero attached hydrogens (tertiary/aromatic N) is 3. The van der Waals surface area contributed by atoms with Gasteiger partial charge >= 0.3 is 0 Å². The van der Waals surface area contributed by atoms with Gasteiger partial charge in [-0.05, 0) is 54.3 Å². The molecule has 1 aliphatic rings. The van der Waals surface area contributed by atoms with Crippen molar-refractivity contribution in [3.05, 3.63) is 78.1 Å². The number of rotatable bonds is 8. The van der Waals surface area contributed by atoms with Gasteiger partial charge in [0, 0.05) is 51.2 Å². The number of likely N-dealkylation sites (tertiary alicyclic amines) is 1. The second-order valence-corrected chi connectivity index (χ2v) is 8.31. The van der Waals surface area contributed by atoms with E-state index in [0.717, 1.165) is 44.7 Å². The van der Waals surface area contributed by atoms with E-state index >= 15 is 0 Å². The fourth-order valence-corrected chi connectivity index (χ4v) is 4.57. The molecule has 0 radical (unpaired) electrons. The van der Waals surface area contributed by atoms with Crippen LogP contribution in [0.3, 0.4) is 0 Å². The predicted octanol–water partition coefficient (Wildman–Crippen LogP) is 3.84. The van der Waals surface area contributed by atoms with E-state index in [1.807, 2.05) is 17.2 Å². The summed E-state index contributed by atoms with van der Waals surface area (Å²) in [6.07, 6.45) is 4.53. The van der Waals surface area contributed by atoms with E-state index in [2.05, 4.69) is 77.6 Å². The lowest BCUT2D eigenvalue weighted by Gasteiger charge is -2.28. The average molecular weight is 417 g/mol. The van der Waals surface area contributed by atoms with E-state index < -0.39 is 0 Å². The third kappa shape index (κ3) is 5.12. The molecule has 1 saturated heterocycles. The highest BCUT2D eigenvalue weighted by Gasteiger charge is 2.38. The van der Waals surface area contributed by atoms with E-state index in [0.29, 0.717) is 0 Å². The van der Waals surface area contributed by atoms with Gasteiger partial charge in [-0.2, -0.15) is 0 Å². The number of hydrogen-bond donors (Lipinski definition) is 1. The van der Waals surface area contributed by atoms with Crippen molar-refractivity contribution >= 4 is 16.7 Å². The van der Waals surface area contributed by atoms with Crippen molar-refractivity contribution < 1.29 is 4.79 Å². The van der Waals surface area contributed by atoms with E-state index in [1.54, 1.807) is 6.20 Å². The minimum absolute atomic E-state index is 0.0887. The third-order valence-corrected chi connectivity index (χ3v) is 6.28. The van der Waals surface area contributed by atoms with Gasteiger partial charge in [0.15, 0.2) is 0 Å². The number of carbonyl (C=O) groups is 1. The van der Waals surface area contributed by atoms with Gasteiger partial charge in [0.1, 0.15) is 0 Å². The van der Waals surface area contributed by atoms with Gasteiger partial charge in [-0.3, -0.25) is 14.7 Å². The Hall–Kier alpha value is -2.76. The van der Waals surface area contributed by atoms with E-state index in [-0.39, 0.29) is 18.0 Å². The van der Waals surface area contributed by atoms with Crippen molar-refractivity contribution in [1.29, 1.82) is 0 Å². The van der Waals surface area contributed by atoms with Crippen molar-refractivity contribution in [3.8, 4) is 0 Å². The molecule has 2 aromatic carbocycles. The number of amides is 1. The van der Waals surface area contributed by atoms with Crippen LogP contribution in [0.25, 0.3) is 10.8 Å². The van der Waals surface area contributed by atoms with E-state index in [9.17, 15) is 4.79 Å². The molecular formula is C26H32N4O. The molecule has 5 nitrogen and oxygen atoms in total. The summed E-state index contributed by atoms with van der Waals surface area (Å²) in [6, 6.07) is 19.3. The standard InChI is InChI=1S/C26H32N4O/c1-3-29(4-2)26(31)25-15-24(19-30(25)18-21-8-7-13-27-16-21)28-17-20-11-12-22-9-5-6-10-23(22)14-20/h5-14,16,24-25,28H,3-4,15,17-19H2,1-2H3/t24-,25+/m1/s1. The molecule has 0 saturated carbocycles. The Kier molecular flexibility index (Phi) is 6.95. The highest BCUT2D eigenvalue weighted by molar-refractivity contribution is 5.83. The van der Waals surface area contributed by atoms with Gasteiger partial charge in [0.05, 0.1) is 6.04 Å². The zero-order valence-corrected chi connectivity index (χ0v) is 18.5. The molecule has 5 heteroatoms. The van der Waals surface area contributed by atoms with Gasteiger partial charge in [-0.25, -0.2) is 0 Å². The molecule has 1 fully saturated rings. The maximum Gasteiger partial charge on any atom is 0.239 e. The zero-order chi connectivity index (χ0) is 21.6. The number of nitrogens with one attached hydrogen (secondary N) is 1. The van der Waals surface area contributed by atoms with Gasteiger partial charge < -0.3 is 10.2 Å². The Balaban J connectivity index is 1.45. The third-order valence-electron chi connectivity index (χ3n) is 6.28. The summed E-state index contributed by atoms with van der Waals surface area (Å²) in [5.74, 6) is 0.240. The lowest BCUT2D eigenvalue weighted by molar-refractivity contribution is -0.135. The molecular weight excluding hydrogens is 384 g/mol. The van der Waals surface area contributed by atoms with Crippen molar-refractivity contribution in [2.45, 2.75) is 45.4 Å². The first-order valence-corrected chi connectivity index (χ1v) is 11.3. The van der Waals surface area contributed by atoms with Crippen LogP contribution in [0, 0.1) is 0 Å². The zero-order valence-electron chi connectivity index (χ0n) is 18.5. The first-order valence-electron chi connectivity index (χ1n) is 11.3. The molecule has 0 spiro atoms. The largest absolute Gasteiger partial charge is 0.342 e. The Morgan fingerprint density at radius 3 is 2.61 bits per heavy atom. The quantitative estimate of drug-likeness (QED) is 0.606. The van der Waals surface area contributed by atoms with Crippen LogP contribution in [0.5, 0.6) is 0 Å². The fraction of sp³-hybridized carbons (Fsp3) is 0.385. The summed E-state index contributed by atoms with van der Waals surface area (Å²) in [5, 5.41) is 6.24. The monoisotopic (exact) mass is 416 g/mol. The molecule has 0 bridgehead atoms. The maximum atomic E-state index is 13.2. The Bertz CT molecular complexity index is 1000. The van der Waals surface area contributed by atoms with Crippen LogP contribution in [0.4, 0.5) is 0 Å². The van der Waals surface area contributed by atoms with Crippen molar-refractivity contribution in [2.75, 3.05) is 19.6 Å². The van der Waals surface area contributed by atoms with Crippen molar-refractivity contribution in [3.63, 3.8) is 0 Å². The summed E-state index contributed by atoms with van der Waals surface area (Å²) >= 11 is 0. The molecule has 2 heterocycles. The minimum Gasteiger partial charge on any atom is -0.342 e. The molecule has 1 aliphatic heterocycles. The van der Waals surface area contributed by atoms with E-state index in [4.69, 9.17) is 0 Å². The second kappa shape index (κ2) is 10.0. The summed E-state index contributed by atoms with van der Waals surface area (Å²) in [4.78, 5) is 21.7. The van der Waals surface area contributed by atoms with Gasteiger partial charge in [0.25, 0.3) is 0 Å². The van der Waals surface area contributed by atoms with Crippen LogP contribution < -0.4 is 5.32 Å². The summed E-state index contributed by atoms with van der Waals surface area (Å²) in [5.41, 5.74) is 2.42. The SMILES string of the molecule is CCN(CC)C(=O)[C@@H]1C[C@@H](NCc2ccc3ccccc3c2)CN1Cc1cccnc1. The van der Waals surface area contributed by atoms with Crippen molar-refractivity contribution in [1.82, 2.24) is 20.1 Å². The molecule has 31 heavy (non-hydrogen) atoms. The summed E-state index contributed by atoms with van der Waals surface area (Å²) in [7, 11) is 0. The fourth-order valence-electron chi connectivity index (χ4n) is 4.57. The van der Waals surface area contributed by atoms with Crippen molar-refractivity contribution in [2.24, 2.45) is 0 Å². The maximum absolute atomic E-state index is 13.2. The summed E-state index contributed by atoms with van der Waals surface area (Å²) in [6.45, 7) is 8.03. The van der Waals surface area contributed by atoms with Crippen LogP contribution >= 0.6 is 0 Å². The molecule has 4 rings (SSSR count). The van der Waals surface area contributed by atoms with Crippen LogP contribution in [0.15, 0.2) is 67.0 Å². The molecule has 162 valence electrons. The number of hydrogen-bond acceptors (Lipinski definition) is 4. The number of fused-ring (bicyclic) bond motifs is 1. The normalized spacial score (nSPS) is 19.0. The molecule has 2 atom stereocenters. The lowest BCUT2D eigenvalue weighted by Crippen LogP contribution is -2.45. The lowest BCUT2D eigenvalue weighted by atomic mass is 10.1. The van der Waals surface area contributed by atoms with Crippen LogP contribution in [0.2, 0.25) is 0 Å². The number of benzene rings is 2. The number of pyridine rings is 1. The molecule has 1 amide bonds. The number of carbonyl (C=O) groups excluding carboxylic acids is 1. The molecule has 0 aliphatic carbocycles. The molecule has 3 aromatic rings. The predicted molar refractivity (Wildman–Crippen MR) is 126 cm³/mol. The van der Waals surface area contributed by atoms with E-state index in [1.165, 1.54) is 16.3 Å². The highest BCUT2D eigenvalue weighted by Crippen LogP contribution is 2.23. The van der Waals surface area contributed by atoms with Gasteiger partial charge in [-0.15, -0.1) is 0 Å². The van der Waals surface area contributed by atoms with Gasteiger partial charge in [0.2, 0.25) is 5.91 Å². The summed E-state index contributed by atoms with van der Waals surface area (Å²) < 4.78 is 0. The first-order chi connectivity index (χ1) is 15.2. The second-order valence-electron chi connectivity index (χ2n) is 8.31. The first kappa shape index (κ1) is 21.5. The highest BCUT2D eigenvalue weighted by atomic mass is 16.2. The Labute approximate surface area is 185 Å². The van der Waals surface area contributed by atoms with Gasteiger partial charge in [-0.1, -0.05) is 42.5 Å². The smallest absolute Gasteiger partial charge is 0.239 e. The Morgan fingerprint density at radius 1 is 1.06 bits per heavy atom. The topological polar surface area (TPSA) is 48.5 Å². The average Bonchev–Trinajstić information content (AvgIpc) is 3.21. The Morgan fingerprint density at radius 2 is 1.87 bits per heavy atom. The van der Waals surface area contributed by atoms with Crippen LogP contribution in [-0.4, -0.2) is 52.4 Å². The minimum atomic E-state index is -0.0887. The molecule has 1 aromatic heterocycles. The number of aromatic nitrogens is 1. The van der Waals surface area contributed by atoms with Crippen LogP contribution in [-0.2, 0) is 17.9 Å². The van der Waals surface area contributed by atoms with Crippen LogP contribution in [0.1, 0.15) is 31.4 Å². The molecule has 1 N–H and O–H groups in total. The molecule has 0 unspecified atom stereocenters. The number of likely N-dealkylation sites (N-methyl/N-ethyl adjacent to an activating group) is 1.